The molecule has 2 saturated heterocycles. The van der Waals surface area contributed by atoms with Gasteiger partial charge in [-0.25, -0.2) is 23.4 Å². The van der Waals surface area contributed by atoms with Crippen molar-refractivity contribution in [3.8, 4) is 11.1 Å². The van der Waals surface area contributed by atoms with Crippen LogP contribution in [0.1, 0.15) is 59.9 Å². The van der Waals surface area contributed by atoms with Crippen LogP contribution in [-0.2, 0) is 4.74 Å². The molecule has 4 aromatic rings. The molecule has 2 unspecified atom stereocenters. The van der Waals surface area contributed by atoms with E-state index in [0.717, 1.165) is 11.3 Å². The Kier molecular flexibility index (Phi) is 7.65. The molecule has 6 rings (SSSR count). The van der Waals surface area contributed by atoms with Crippen molar-refractivity contribution in [2.45, 2.75) is 71.6 Å². The smallest absolute Gasteiger partial charge is 0.413 e. The summed E-state index contributed by atoms with van der Waals surface area (Å²) < 4.78 is 52.3. The Morgan fingerprint density at radius 3 is 2.49 bits per heavy atom. The number of carbonyl (C=O) groups is 2. The van der Waals surface area contributed by atoms with Gasteiger partial charge in [-0.1, -0.05) is 44.8 Å². The zero-order valence-electron chi connectivity index (χ0n) is 26.9. The first-order chi connectivity index (χ1) is 21.9. The van der Waals surface area contributed by atoms with Crippen LogP contribution in [0.4, 0.5) is 33.7 Å². The Balaban J connectivity index is 1.49. The number of carbonyl (C=O) groups excluding carboxylic acids is 1. The average molecular weight is 669 g/mol. The Labute approximate surface area is 273 Å². The number of halogens is 3. The highest BCUT2D eigenvalue weighted by atomic mass is 32.1. The van der Waals surface area contributed by atoms with Crippen LogP contribution in [0.25, 0.3) is 38.3 Å². The molecular weight excluding hydrogens is 633 g/mol. The van der Waals surface area contributed by atoms with E-state index in [9.17, 15) is 14.7 Å². The van der Waals surface area contributed by atoms with Gasteiger partial charge >= 0.3 is 18.3 Å². The summed E-state index contributed by atoms with van der Waals surface area (Å²) in [4.78, 5) is 40.5. The van der Waals surface area contributed by atoms with E-state index in [-0.39, 0.29) is 62.3 Å². The van der Waals surface area contributed by atoms with Crippen molar-refractivity contribution in [2.24, 2.45) is 5.41 Å². The van der Waals surface area contributed by atoms with E-state index in [1.165, 1.54) is 23.1 Å². The topological polar surface area (TPSA) is 121 Å². The number of aromatic nitrogens is 3. The highest BCUT2D eigenvalue weighted by molar-refractivity contribution is 7.22. The summed E-state index contributed by atoms with van der Waals surface area (Å²) in [6, 6.07) is 3.77. The lowest BCUT2D eigenvalue weighted by Gasteiger charge is -2.54. The Hall–Kier alpha value is -4.46. The molecule has 248 valence electrons. The lowest BCUT2D eigenvalue weighted by molar-refractivity contribution is 0.00527. The number of fused-ring (bicyclic) bond motifs is 4. The highest BCUT2D eigenvalue weighted by Crippen LogP contribution is 2.51. The fourth-order valence-electron chi connectivity index (χ4n) is 6.94. The molecule has 0 radical (unpaired) electrons. The molecule has 2 aromatic heterocycles. The molecule has 47 heavy (non-hydrogen) atoms. The van der Waals surface area contributed by atoms with Gasteiger partial charge in [0.2, 0.25) is 0 Å². The zero-order valence-corrected chi connectivity index (χ0v) is 27.7. The number of benzene rings is 2. The van der Waals surface area contributed by atoms with E-state index < -0.39 is 46.5 Å². The van der Waals surface area contributed by atoms with Crippen LogP contribution in [0.3, 0.4) is 0 Å². The average Bonchev–Trinajstić information content (AvgIpc) is 3.49. The number of anilines is 2. The van der Waals surface area contributed by atoms with Crippen LogP contribution in [0.2, 0.25) is 0 Å². The fourth-order valence-corrected chi connectivity index (χ4v) is 7.83. The minimum atomic E-state index is -1.15. The molecule has 2 aliphatic rings. The van der Waals surface area contributed by atoms with E-state index in [1.807, 2.05) is 25.7 Å². The minimum absolute atomic E-state index is 0.0300. The molecule has 2 N–H and O–H groups in total. The van der Waals surface area contributed by atoms with E-state index in [2.05, 4.69) is 26.8 Å². The molecule has 10 nitrogen and oxygen atoms in total. The molecular formula is C33H35F3N6O4S. The second-order valence-electron chi connectivity index (χ2n) is 14.0. The summed E-state index contributed by atoms with van der Waals surface area (Å²) in [5.41, 5.74) is -1.81. The van der Waals surface area contributed by atoms with Crippen molar-refractivity contribution < 1.29 is 32.6 Å². The second-order valence-corrected chi connectivity index (χ2v) is 15.0. The van der Waals surface area contributed by atoms with Gasteiger partial charge in [0.25, 0.3) is 0 Å². The molecule has 0 aliphatic carbocycles. The Morgan fingerprint density at radius 2 is 1.85 bits per heavy atom. The third-order valence-corrected chi connectivity index (χ3v) is 9.99. The number of amides is 2. The van der Waals surface area contributed by atoms with Crippen molar-refractivity contribution in [1.82, 2.24) is 19.9 Å². The van der Waals surface area contributed by atoms with Crippen molar-refractivity contribution in [1.29, 1.82) is 0 Å². The van der Waals surface area contributed by atoms with Gasteiger partial charge in [0, 0.05) is 29.6 Å². The van der Waals surface area contributed by atoms with Gasteiger partial charge in [0.1, 0.15) is 22.8 Å². The second kappa shape index (κ2) is 11.1. The predicted octanol–water partition coefficient (Wildman–Crippen LogP) is 8.06. The van der Waals surface area contributed by atoms with Gasteiger partial charge in [0.15, 0.2) is 10.9 Å². The van der Waals surface area contributed by atoms with E-state index in [0.29, 0.717) is 18.4 Å². The largest absolute Gasteiger partial charge is 0.465 e. The van der Waals surface area contributed by atoms with Gasteiger partial charge in [-0.2, -0.15) is 14.4 Å². The molecule has 2 amide bonds. The number of carboxylic acid groups (broad SMARTS) is 1. The first kappa shape index (κ1) is 32.5. The Bertz CT molecular complexity index is 1970. The van der Waals surface area contributed by atoms with Crippen LogP contribution in [0.15, 0.2) is 24.8 Å². The number of piperazine rings is 1. The highest BCUT2D eigenvalue weighted by Gasteiger charge is 2.59. The maximum Gasteiger partial charge on any atom is 0.413 e. The van der Waals surface area contributed by atoms with Crippen molar-refractivity contribution in [2.75, 3.05) is 23.3 Å². The first-order valence-corrected chi connectivity index (χ1v) is 15.9. The third-order valence-electron chi connectivity index (χ3n) is 9.01. The lowest BCUT2D eigenvalue weighted by atomic mass is 9.71. The van der Waals surface area contributed by atoms with Gasteiger partial charge in [0.05, 0.1) is 21.8 Å². The molecule has 2 atom stereocenters. The SMILES string of the molecule is C=Cc1cc2c(N3CC4CCC(C(C)(C)C)(C3)N4C(=O)O)nc(F)nc2c(F)c1-c1ccc(F)c2sc(NC(=O)OC(C)(C)C)nc12. The molecule has 0 saturated carbocycles. The van der Waals surface area contributed by atoms with Crippen molar-refractivity contribution in [3.05, 3.63) is 48.1 Å². The molecule has 14 heteroatoms. The number of hydrogen-bond acceptors (Lipinski definition) is 8. The molecule has 0 spiro atoms. The van der Waals surface area contributed by atoms with E-state index in [1.54, 1.807) is 26.8 Å². The maximum absolute atomic E-state index is 16.7. The first-order valence-electron chi connectivity index (χ1n) is 15.1. The monoisotopic (exact) mass is 668 g/mol. The van der Waals surface area contributed by atoms with Crippen LogP contribution < -0.4 is 10.2 Å². The minimum Gasteiger partial charge on any atom is -0.465 e. The number of nitrogens with one attached hydrogen (secondary N) is 1. The number of hydrogen-bond donors (Lipinski definition) is 2. The van der Waals surface area contributed by atoms with Crippen LogP contribution in [0, 0.1) is 23.1 Å². The third kappa shape index (κ3) is 5.41. The number of thiazole rings is 1. The molecule has 2 fully saturated rings. The number of rotatable bonds is 4. The summed E-state index contributed by atoms with van der Waals surface area (Å²) in [5.74, 6) is -1.37. The molecule has 2 bridgehead atoms. The summed E-state index contributed by atoms with van der Waals surface area (Å²) in [6.07, 6.45) is -0.278. The summed E-state index contributed by atoms with van der Waals surface area (Å²) in [5, 5.41) is 12.9. The predicted molar refractivity (Wildman–Crippen MR) is 175 cm³/mol. The zero-order chi connectivity index (χ0) is 34.2. The van der Waals surface area contributed by atoms with Crippen LogP contribution >= 0.6 is 11.3 Å². The van der Waals surface area contributed by atoms with Gasteiger partial charge in [-0.05, 0) is 62.8 Å². The molecule has 2 aromatic carbocycles. The quantitative estimate of drug-likeness (QED) is 0.210. The standard InChI is InChI=1S/C33H35F3N6O4S/c1-8-16-13-19-23(37-27(36)39-26(19)41-14-17-11-12-33(15-41,31(2,3)4)42(17)30(44)45)22(35)21(16)18-9-10-20(34)25-24(18)38-28(47-25)40-29(43)46-32(5,6)7/h8-10,13,17H,1,11-12,14-15H2,2-7H3,(H,44,45)(H,38,40,43). The van der Waals surface area contributed by atoms with Crippen molar-refractivity contribution in [3.63, 3.8) is 0 Å². The molecule has 2 aliphatic heterocycles. The number of ether oxygens (including phenoxy) is 1. The summed E-state index contributed by atoms with van der Waals surface area (Å²) >= 11 is 0.859. The Morgan fingerprint density at radius 1 is 1.13 bits per heavy atom. The van der Waals surface area contributed by atoms with Crippen LogP contribution in [-0.4, -0.2) is 67.4 Å². The summed E-state index contributed by atoms with van der Waals surface area (Å²) in [7, 11) is 0. The molecule has 4 heterocycles. The van der Waals surface area contributed by atoms with E-state index >= 15 is 13.2 Å². The van der Waals surface area contributed by atoms with Gasteiger partial charge in [-0.15, -0.1) is 0 Å². The van der Waals surface area contributed by atoms with E-state index in [4.69, 9.17) is 4.74 Å². The van der Waals surface area contributed by atoms with Gasteiger partial charge in [-0.3, -0.25) is 10.2 Å². The van der Waals surface area contributed by atoms with Gasteiger partial charge < -0.3 is 14.7 Å². The number of nitrogens with zero attached hydrogens (tertiary/aromatic N) is 5. The maximum atomic E-state index is 16.7. The normalized spacial score (nSPS) is 19.8. The lowest BCUT2D eigenvalue weighted by Crippen LogP contribution is -2.68. The van der Waals surface area contributed by atoms with Crippen LogP contribution in [0.5, 0.6) is 0 Å². The van der Waals surface area contributed by atoms with Crippen molar-refractivity contribution >= 4 is 61.7 Å². The fraction of sp³-hybridized carbons (Fsp3) is 0.424. The summed E-state index contributed by atoms with van der Waals surface area (Å²) in [6.45, 7) is 15.4.